The van der Waals surface area contributed by atoms with Crippen molar-refractivity contribution in [1.82, 2.24) is 19.3 Å². The summed E-state index contributed by atoms with van der Waals surface area (Å²) in [6.45, 7) is 7.97. The summed E-state index contributed by atoms with van der Waals surface area (Å²) in [7, 11) is 4.84. The molecule has 0 bridgehead atoms. The number of likely N-dealkylation sites (N-methyl/N-ethyl adjacent to an activating group) is 1. The van der Waals surface area contributed by atoms with E-state index >= 15 is 0 Å². The molecule has 39 heavy (non-hydrogen) atoms. The Morgan fingerprint density at radius 1 is 0.974 bits per heavy atom. The fraction of sp³-hybridized carbons (Fsp3) is 0.433. The highest BCUT2D eigenvalue weighted by atomic mass is 35.5. The van der Waals surface area contributed by atoms with E-state index < -0.39 is 11.7 Å². The summed E-state index contributed by atoms with van der Waals surface area (Å²) in [5.41, 5.74) is 2.08. The van der Waals surface area contributed by atoms with Crippen molar-refractivity contribution >= 4 is 40.1 Å². The molecule has 0 radical (unpaired) electrons. The van der Waals surface area contributed by atoms with Crippen molar-refractivity contribution in [3.05, 3.63) is 70.1 Å². The first-order chi connectivity index (χ1) is 17.8. The van der Waals surface area contributed by atoms with Crippen LogP contribution in [0.2, 0.25) is 5.02 Å². The van der Waals surface area contributed by atoms with Crippen LogP contribution < -0.4 is 0 Å². The van der Waals surface area contributed by atoms with Gasteiger partial charge in [0.25, 0.3) is 17.6 Å². The number of halogens is 2. The molecule has 1 aromatic heterocycles. The monoisotopic (exact) mass is 554 g/mol. The molecule has 2 amide bonds. The average Bonchev–Trinajstić information content (AvgIpc) is 3.39. The zero-order valence-corrected chi connectivity index (χ0v) is 23.1. The number of benzene rings is 2. The van der Waals surface area contributed by atoms with E-state index in [2.05, 4.69) is 18.7 Å². The lowest BCUT2D eigenvalue weighted by molar-refractivity contribution is -0.124. The van der Waals surface area contributed by atoms with Crippen molar-refractivity contribution in [3.63, 3.8) is 0 Å². The number of likely N-dealkylation sites (tertiary alicyclic amines) is 2. The van der Waals surface area contributed by atoms with E-state index in [1.54, 1.807) is 29.9 Å². The Morgan fingerprint density at radius 2 is 1.56 bits per heavy atom. The van der Waals surface area contributed by atoms with Gasteiger partial charge in [-0.15, -0.1) is 0 Å². The molecule has 2 atom stereocenters. The maximum atomic E-state index is 13.8. The van der Waals surface area contributed by atoms with Crippen molar-refractivity contribution in [1.29, 1.82) is 0 Å². The molecular weight excluding hydrogens is 519 g/mol. The molecule has 0 saturated carbocycles. The largest absolute Gasteiger partial charge is 0.350 e. The van der Waals surface area contributed by atoms with Gasteiger partial charge in [-0.1, -0.05) is 45.0 Å². The lowest BCUT2D eigenvalue weighted by Crippen LogP contribution is -2.35. The van der Waals surface area contributed by atoms with Gasteiger partial charge in [-0.25, -0.2) is 4.39 Å². The van der Waals surface area contributed by atoms with Gasteiger partial charge >= 0.3 is 0 Å². The molecule has 2 aliphatic heterocycles. The second kappa shape index (κ2) is 10.1. The number of aromatic nitrogens is 1. The number of hydrogen-bond acceptors (Lipinski definition) is 4. The van der Waals surface area contributed by atoms with Gasteiger partial charge in [0.15, 0.2) is 0 Å². The van der Waals surface area contributed by atoms with Gasteiger partial charge in [0.05, 0.1) is 21.7 Å². The van der Waals surface area contributed by atoms with Crippen LogP contribution in [-0.2, 0) is 18.4 Å². The van der Waals surface area contributed by atoms with Crippen molar-refractivity contribution in [2.24, 2.45) is 17.9 Å². The molecule has 2 aromatic carbocycles. The molecule has 0 N–H and O–H groups in total. The highest BCUT2D eigenvalue weighted by Crippen LogP contribution is 2.52. The Bertz CT molecular complexity index is 1450. The standard InChI is InChI=1S/C29H32ClFN4O3.CH4/c1-28-14-34(12-18-6-8-19(31)9-7-18)15-29(28,2)17-35(16-28)26(37)21-10-20-22(25(36)27(38)32(3)4)13-33(5)24(20)11-23(21)30;/h6-11,13H,12,14-17H2,1-5H3;1H4/t28-,29+;. The Labute approximate surface area is 234 Å². The molecule has 2 saturated heterocycles. The van der Waals surface area contributed by atoms with E-state index in [0.29, 0.717) is 34.6 Å². The third-order valence-corrected chi connectivity index (χ3v) is 8.76. The molecule has 5 rings (SSSR count). The normalized spacial score (nSPS) is 22.6. The van der Waals surface area contributed by atoms with E-state index in [4.69, 9.17) is 11.6 Å². The van der Waals surface area contributed by atoms with Gasteiger partial charge in [-0.3, -0.25) is 19.3 Å². The Morgan fingerprint density at radius 3 is 2.13 bits per heavy atom. The molecule has 3 heterocycles. The zero-order valence-electron chi connectivity index (χ0n) is 22.3. The highest BCUT2D eigenvalue weighted by Gasteiger charge is 2.58. The van der Waals surface area contributed by atoms with Crippen LogP contribution in [0, 0.1) is 16.6 Å². The maximum absolute atomic E-state index is 13.8. The molecule has 7 nitrogen and oxygen atoms in total. The van der Waals surface area contributed by atoms with Crippen LogP contribution in [0.4, 0.5) is 4.39 Å². The zero-order chi connectivity index (χ0) is 27.6. The van der Waals surface area contributed by atoms with Gasteiger partial charge in [-0.05, 0) is 29.8 Å². The lowest BCUT2D eigenvalue weighted by atomic mass is 9.71. The van der Waals surface area contributed by atoms with Crippen molar-refractivity contribution < 1.29 is 18.8 Å². The summed E-state index contributed by atoms with van der Waals surface area (Å²) < 4.78 is 15.1. The number of rotatable bonds is 5. The van der Waals surface area contributed by atoms with Crippen LogP contribution in [0.15, 0.2) is 42.6 Å². The second-order valence-corrected chi connectivity index (χ2v) is 12.0. The van der Waals surface area contributed by atoms with Gasteiger partial charge < -0.3 is 14.4 Å². The molecular formula is C30H36ClFN4O3. The topological polar surface area (TPSA) is 65.9 Å². The number of Topliss-reactive ketones (excluding diaryl/α,β-unsaturated/α-hetero) is 1. The average molecular weight is 555 g/mol. The minimum Gasteiger partial charge on any atom is -0.350 e. The molecule has 9 heteroatoms. The summed E-state index contributed by atoms with van der Waals surface area (Å²) in [4.78, 5) is 44.5. The number of aryl methyl sites for hydroxylation is 1. The SMILES string of the molecule is C.CN(C)C(=O)C(=O)c1cn(C)c2cc(Cl)c(C(=O)N3C[C@]4(C)CN(Cc5ccc(F)cc5)C[C@]4(C)C3)cc12. The molecule has 3 aromatic rings. The minimum atomic E-state index is -0.627. The van der Waals surface area contributed by atoms with E-state index in [1.807, 2.05) is 17.0 Å². The molecule has 0 aliphatic carbocycles. The van der Waals surface area contributed by atoms with E-state index in [9.17, 15) is 18.8 Å². The first-order valence-corrected chi connectivity index (χ1v) is 13.0. The second-order valence-electron chi connectivity index (χ2n) is 11.6. The Kier molecular flexibility index (Phi) is 7.42. The lowest BCUT2D eigenvalue weighted by Gasteiger charge is -2.30. The van der Waals surface area contributed by atoms with Gasteiger partial charge in [0.2, 0.25) is 0 Å². The number of fused-ring (bicyclic) bond motifs is 2. The van der Waals surface area contributed by atoms with Crippen molar-refractivity contribution in [3.8, 4) is 0 Å². The molecule has 0 unspecified atom stereocenters. The molecule has 0 spiro atoms. The number of ketones is 1. The molecule has 2 aliphatic rings. The Balaban J connectivity index is 0.00000353. The van der Waals surface area contributed by atoms with Crippen LogP contribution in [0.5, 0.6) is 0 Å². The smallest absolute Gasteiger partial charge is 0.294 e. The first-order valence-electron chi connectivity index (χ1n) is 12.6. The maximum Gasteiger partial charge on any atom is 0.294 e. The predicted molar refractivity (Wildman–Crippen MR) is 151 cm³/mol. The van der Waals surface area contributed by atoms with Gasteiger partial charge in [0, 0.05) is 76.3 Å². The Hall–Kier alpha value is -3.23. The fourth-order valence-corrected chi connectivity index (χ4v) is 6.38. The van der Waals surface area contributed by atoms with Crippen LogP contribution in [-0.4, -0.2) is 77.1 Å². The van der Waals surface area contributed by atoms with E-state index in [1.165, 1.54) is 31.1 Å². The molecule has 2 fully saturated rings. The number of hydrogen-bond donors (Lipinski definition) is 0. The predicted octanol–water partition coefficient (Wildman–Crippen LogP) is 4.86. The third-order valence-electron chi connectivity index (χ3n) is 8.44. The summed E-state index contributed by atoms with van der Waals surface area (Å²) in [5, 5.41) is 0.842. The van der Waals surface area contributed by atoms with Gasteiger partial charge in [0.1, 0.15) is 5.82 Å². The van der Waals surface area contributed by atoms with Gasteiger partial charge in [-0.2, -0.15) is 0 Å². The van der Waals surface area contributed by atoms with E-state index in [0.717, 1.165) is 25.2 Å². The quantitative estimate of drug-likeness (QED) is 0.334. The third kappa shape index (κ3) is 4.85. The summed E-state index contributed by atoms with van der Waals surface area (Å²) in [6, 6.07) is 9.94. The van der Waals surface area contributed by atoms with Crippen LogP contribution in [0.25, 0.3) is 10.9 Å². The summed E-state index contributed by atoms with van der Waals surface area (Å²) >= 11 is 6.61. The number of carbonyl (C=O) groups is 3. The summed E-state index contributed by atoms with van der Waals surface area (Å²) in [6.07, 6.45) is 1.61. The highest BCUT2D eigenvalue weighted by molar-refractivity contribution is 6.45. The number of nitrogens with zero attached hydrogens (tertiary/aromatic N) is 4. The summed E-state index contributed by atoms with van der Waals surface area (Å²) in [5.74, 6) is -1.68. The van der Waals surface area contributed by atoms with E-state index in [-0.39, 0.29) is 35.5 Å². The first kappa shape index (κ1) is 28.8. The van der Waals surface area contributed by atoms with Crippen molar-refractivity contribution in [2.75, 3.05) is 40.3 Å². The van der Waals surface area contributed by atoms with Crippen molar-refractivity contribution in [2.45, 2.75) is 27.8 Å². The number of amides is 2. The van der Waals surface area contributed by atoms with Crippen LogP contribution in [0.3, 0.4) is 0 Å². The minimum absolute atomic E-state index is 0. The van der Waals surface area contributed by atoms with Crippen LogP contribution >= 0.6 is 11.6 Å². The molecule has 208 valence electrons. The number of carbonyl (C=O) groups excluding carboxylic acids is 3. The fourth-order valence-electron chi connectivity index (χ4n) is 6.14. The van der Waals surface area contributed by atoms with Crippen LogP contribution in [0.1, 0.15) is 47.6 Å².